The molecule has 3 rings (SSSR count). The van der Waals surface area contributed by atoms with Crippen molar-refractivity contribution in [3.63, 3.8) is 0 Å². The summed E-state index contributed by atoms with van der Waals surface area (Å²) in [5, 5.41) is 17.6. The van der Waals surface area contributed by atoms with Crippen molar-refractivity contribution in [2.75, 3.05) is 19.7 Å². The third-order valence-electron chi connectivity index (χ3n) is 5.11. The highest BCUT2D eigenvalue weighted by Gasteiger charge is 2.52. The Bertz CT molecular complexity index is 609. The van der Waals surface area contributed by atoms with Crippen LogP contribution >= 0.6 is 0 Å². The van der Waals surface area contributed by atoms with Gasteiger partial charge in [-0.15, -0.1) is 5.10 Å². The van der Waals surface area contributed by atoms with Crippen LogP contribution < -0.4 is 0 Å². The highest BCUT2D eigenvalue weighted by molar-refractivity contribution is 5.93. The van der Waals surface area contributed by atoms with Gasteiger partial charge in [0.2, 0.25) is 5.91 Å². The van der Waals surface area contributed by atoms with Gasteiger partial charge in [-0.25, -0.2) is 0 Å². The number of hydrogen-bond donors (Lipinski definition) is 1. The minimum Gasteiger partial charge on any atom is -0.394 e. The molecule has 3 heterocycles. The van der Waals surface area contributed by atoms with Gasteiger partial charge in [0.1, 0.15) is 0 Å². The van der Waals surface area contributed by atoms with Crippen molar-refractivity contribution < 1.29 is 14.7 Å². The van der Waals surface area contributed by atoms with Gasteiger partial charge < -0.3 is 14.9 Å². The number of rotatable bonds is 2. The van der Waals surface area contributed by atoms with Gasteiger partial charge in [0.15, 0.2) is 5.69 Å². The van der Waals surface area contributed by atoms with Gasteiger partial charge in [-0.1, -0.05) is 0 Å². The molecule has 0 radical (unpaired) electrons. The van der Waals surface area contributed by atoms with Crippen LogP contribution in [0.1, 0.15) is 37.2 Å². The molecule has 2 aliphatic heterocycles. The van der Waals surface area contributed by atoms with Crippen molar-refractivity contribution in [1.29, 1.82) is 0 Å². The summed E-state index contributed by atoms with van der Waals surface area (Å²) >= 11 is 0. The molecule has 2 saturated heterocycles. The van der Waals surface area contributed by atoms with Crippen LogP contribution in [0.25, 0.3) is 0 Å². The van der Waals surface area contributed by atoms with E-state index in [0.29, 0.717) is 25.2 Å². The van der Waals surface area contributed by atoms with Gasteiger partial charge in [-0.05, 0) is 37.8 Å². The molecule has 0 saturated carbocycles. The smallest absolute Gasteiger partial charge is 0.275 e. The summed E-state index contributed by atoms with van der Waals surface area (Å²) in [4.78, 5) is 28.2. The van der Waals surface area contributed by atoms with Crippen molar-refractivity contribution in [2.24, 2.45) is 5.92 Å². The van der Waals surface area contributed by atoms with E-state index >= 15 is 0 Å². The van der Waals surface area contributed by atoms with Crippen LogP contribution in [0.4, 0.5) is 0 Å². The van der Waals surface area contributed by atoms with E-state index in [2.05, 4.69) is 10.2 Å². The second-order valence-corrected chi connectivity index (χ2v) is 6.72. The summed E-state index contributed by atoms with van der Waals surface area (Å²) in [6.45, 7) is 4.65. The van der Waals surface area contributed by atoms with E-state index in [-0.39, 0.29) is 30.4 Å². The first-order valence-electron chi connectivity index (χ1n) is 7.94. The SMILES string of the molecule is CC(=O)N1CC[C@H]2[C@H](C1)C[C@](C)(CO)N2C(=O)c1cccnn1. The highest BCUT2D eigenvalue weighted by Crippen LogP contribution is 2.42. The number of carbonyl (C=O) groups is 2. The molecule has 2 amide bonds. The Kier molecular flexibility index (Phi) is 4.06. The number of aliphatic hydroxyl groups excluding tert-OH is 1. The Morgan fingerprint density at radius 3 is 2.87 bits per heavy atom. The number of aliphatic hydroxyl groups is 1. The molecule has 2 aliphatic rings. The third-order valence-corrected chi connectivity index (χ3v) is 5.11. The largest absolute Gasteiger partial charge is 0.394 e. The molecular weight excluding hydrogens is 296 g/mol. The average Bonchev–Trinajstić information content (AvgIpc) is 2.86. The van der Waals surface area contributed by atoms with Crippen LogP contribution in [-0.4, -0.2) is 68.2 Å². The molecule has 23 heavy (non-hydrogen) atoms. The van der Waals surface area contributed by atoms with Gasteiger partial charge in [-0.2, -0.15) is 5.10 Å². The van der Waals surface area contributed by atoms with Gasteiger partial charge in [0.25, 0.3) is 5.91 Å². The summed E-state index contributed by atoms with van der Waals surface area (Å²) < 4.78 is 0. The first-order chi connectivity index (χ1) is 11.0. The van der Waals surface area contributed by atoms with Crippen molar-refractivity contribution >= 4 is 11.8 Å². The van der Waals surface area contributed by atoms with Crippen LogP contribution in [0.15, 0.2) is 18.3 Å². The Hall–Kier alpha value is -2.02. The van der Waals surface area contributed by atoms with Gasteiger partial charge in [-0.3, -0.25) is 9.59 Å². The number of nitrogens with zero attached hydrogens (tertiary/aromatic N) is 4. The topological polar surface area (TPSA) is 86.6 Å². The fraction of sp³-hybridized carbons (Fsp3) is 0.625. The predicted molar refractivity (Wildman–Crippen MR) is 82.5 cm³/mol. The molecule has 1 aromatic rings. The zero-order valence-corrected chi connectivity index (χ0v) is 13.5. The Morgan fingerprint density at radius 1 is 1.48 bits per heavy atom. The van der Waals surface area contributed by atoms with Gasteiger partial charge in [0, 0.05) is 32.3 Å². The van der Waals surface area contributed by atoms with Gasteiger partial charge in [0.05, 0.1) is 12.1 Å². The van der Waals surface area contributed by atoms with Crippen LogP contribution in [0.5, 0.6) is 0 Å². The predicted octanol–water partition coefficient (Wildman–Crippen LogP) is 0.311. The molecule has 1 N–H and O–H groups in total. The van der Waals surface area contributed by atoms with Crippen LogP contribution in [0, 0.1) is 5.92 Å². The molecule has 0 aliphatic carbocycles. The average molecular weight is 318 g/mol. The Labute approximate surface area is 135 Å². The maximum Gasteiger partial charge on any atom is 0.275 e. The number of likely N-dealkylation sites (tertiary alicyclic amines) is 2. The maximum absolute atomic E-state index is 12.9. The summed E-state index contributed by atoms with van der Waals surface area (Å²) in [6.07, 6.45) is 2.94. The molecule has 0 spiro atoms. The molecule has 2 fully saturated rings. The number of carbonyl (C=O) groups excluding carboxylic acids is 2. The van der Waals surface area contributed by atoms with Crippen molar-refractivity contribution in [2.45, 2.75) is 38.3 Å². The zero-order chi connectivity index (χ0) is 16.6. The Morgan fingerprint density at radius 2 is 2.26 bits per heavy atom. The first-order valence-corrected chi connectivity index (χ1v) is 7.94. The number of piperidine rings is 1. The zero-order valence-electron chi connectivity index (χ0n) is 13.5. The molecule has 3 atom stereocenters. The van der Waals surface area contributed by atoms with Crippen molar-refractivity contribution in [3.05, 3.63) is 24.0 Å². The van der Waals surface area contributed by atoms with Crippen LogP contribution in [-0.2, 0) is 4.79 Å². The maximum atomic E-state index is 12.9. The van der Waals surface area contributed by atoms with E-state index in [9.17, 15) is 14.7 Å². The summed E-state index contributed by atoms with van der Waals surface area (Å²) in [6, 6.07) is 3.35. The van der Waals surface area contributed by atoms with E-state index in [1.807, 2.05) is 11.8 Å². The van der Waals surface area contributed by atoms with E-state index in [0.717, 1.165) is 6.42 Å². The van der Waals surface area contributed by atoms with Crippen molar-refractivity contribution in [3.8, 4) is 0 Å². The quantitative estimate of drug-likeness (QED) is 0.848. The molecule has 0 unspecified atom stereocenters. The lowest BCUT2D eigenvalue weighted by Crippen LogP contribution is -2.54. The van der Waals surface area contributed by atoms with E-state index in [4.69, 9.17) is 0 Å². The lowest BCUT2D eigenvalue weighted by Gasteiger charge is -2.40. The fourth-order valence-electron chi connectivity index (χ4n) is 3.99. The molecule has 0 aromatic carbocycles. The molecule has 0 bridgehead atoms. The summed E-state index contributed by atoms with van der Waals surface area (Å²) in [5.74, 6) is 0.0525. The fourth-order valence-corrected chi connectivity index (χ4v) is 3.99. The lowest BCUT2D eigenvalue weighted by atomic mass is 9.89. The second-order valence-electron chi connectivity index (χ2n) is 6.72. The van der Waals surface area contributed by atoms with Crippen LogP contribution in [0.3, 0.4) is 0 Å². The minimum absolute atomic E-state index is 0.0252. The Balaban J connectivity index is 1.89. The van der Waals surface area contributed by atoms with E-state index < -0.39 is 5.54 Å². The molecule has 124 valence electrons. The number of fused-ring (bicyclic) bond motifs is 1. The molecule has 7 nitrogen and oxygen atoms in total. The lowest BCUT2D eigenvalue weighted by molar-refractivity contribution is -0.130. The normalized spacial score (nSPS) is 30.2. The van der Waals surface area contributed by atoms with E-state index in [1.165, 1.54) is 6.20 Å². The van der Waals surface area contributed by atoms with Gasteiger partial charge >= 0.3 is 0 Å². The summed E-state index contributed by atoms with van der Waals surface area (Å²) in [5.41, 5.74) is -0.335. The first kappa shape index (κ1) is 15.9. The van der Waals surface area contributed by atoms with Crippen LogP contribution in [0.2, 0.25) is 0 Å². The minimum atomic E-state index is -0.628. The van der Waals surface area contributed by atoms with Crippen molar-refractivity contribution in [1.82, 2.24) is 20.0 Å². The number of aromatic nitrogens is 2. The standard InChI is InChI=1S/C16H22N4O3/c1-11(22)19-7-5-14-12(9-19)8-16(2,10-21)20(14)15(23)13-4-3-6-17-18-13/h3-4,6,12,14,21H,5,7-10H2,1-2H3/t12-,14-,16+/m0/s1. The monoisotopic (exact) mass is 318 g/mol. The molecular formula is C16H22N4O3. The van der Waals surface area contributed by atoms with E-state index in [1.54, 1.807) is 24.0 Å². The summed E-state index contributed by atoms with van der Waals surface area (Å²) in [7, 11) is 0. The second kappa shape index (κ2) is 5.88. The number of hydrogen-bond acceptors (Lipinski definition) is 5. The third kappa shape index (κ3) is 2.69. The molecule has 1 aromatic heterocycles. The molecule has 7 heteroatoms. The number of amides is 2. The highest BCUT2D eigenvalue weighted by atomic mass is 16.3.